The van der Waals surface area contributed by atoms with Crippen LogP contribution in [0, 0.1) is 0 Å². The van der Waals surface area contributed by atoms with Crippen LogP contribution in [-0.4, -0.2) is 30.3 Å². The van der Waals surface area contributed by atoms with Gasteiger partial charge >= 0.3 is 18.0 Å². The standard InChI is InChI=1S/C12H8F5NO2/c13-11(14,12(15,16)17)10(20)18-6-5-9(19)7-3-1-2-4-8(7)18/h1-4H,5-6H2. The minimum atomic E-state index is -5.97. The van der Waals surface area contributed by atoms with Crippen molar-refractivity contribution in [3.05, 3.63) is 29.8 Å². The zero-order valence-corrected chi connectivity index (χ0v) is 9.88. The molecule has 0 bridgehead atoms. The Morgan fingerprint density at radius 1 is 1.10 bits per heavy atom. The van der Waals surface area contributed by atoms with Crippen molar-refractivity contribution in [3.63, 3.8) is 0 Å². The van der Waals surface area contributed by atoms with Crippen molar-refractivity contribution < 1.29 is 31.5 Å². The molecule has 2 rings (SSSR count). The van der Waals surface area contributed by atoms with Crippen molar-refractivity contribution in [2.45, 2.75) is 18.5 Å². The molecule has 0 saturated carbocycles. The van der Waals surface area contributed by atoms with Crippen LogP contribution < -0.4 is 4.90 Å². The predicted octanol–water partition coefficient (Wildman–Crippen LogP) is 2.80. The summed E-state index contributed by atoms with van der Waals surface area (Å²) in [5.74, 6) is -8.26. The first-order chi connectivity index (χ1) is 9.16. The van der Waals surface area contributed by atoms with E-state index in [2.05, 4.69) is 0 Å². The van der Waals surface area contributed by atoms with E-state index in [0.717, 1.165) is 6.07 Å². The van der Waals surface area contributed by atoms with Crippen molar-refractivity contribution in [1.82, 2.24) is 0 Å². The van der Waals surface area contributed by atoms with Gasteiger partial charge in [-0.2, -0.15) is 22.0 Å². The molecule has 108 valence electrons. The van der Waals surface area contributed by atoms with Crippen LogP contribution in [0.25, 0.3) is 0 Å². The number of benzene rings is 1. The van der Waals surface area contributed by atoms with Crippen LogP contribution in [0.5, 0.6) is 0 Å². The highest BCUT2D eigenvalue weighted by Crippen LogP contribution is 2.39. The normalized spacial score (nSPS) is 16.1. The number of alkyl halides is 5. The Labute approximate surface area is 110 Å². The van der Waals surface area contributed by atoms with Gasteiger partial charge in [0.25, 0.3) is 0 Å². The summed E-state index contributed by atoms with van der Waals surface area (Å²) in [6.45, 7) is -0.500. The molecule has 0 saturated heterocycles. The van der Waals surface area contributed by atoms with Gasteiger partial charge in [-0.15, -0.1) is 0 Å². The molecule has 20 heavy (non-hydrogen) atoms. The molecule has 1 aromatic rings. The van der Waals surface area contributed by atoms with E-state index in [4.69, 9.17) is 0 Å². The molecule has 0 unspecified atom stereocenters. The Morgan fingerprint density at radius 3 is 2.30 bits per heavy atom. The lowest BCUT2D eigenvalue weighted by Crippen LogP contribution is -2.53. The number of ketones is 1. The summed E-state index contributed by atoms with van der Waals surface area (Å²) in [7, 11) is 0. The van der Waals surface area contributed by atoms with Gasteiger partial charge in [0.15, 0.2) is 5.78 Å². The van der Waals surface area contributed by atoms with Gasteiger partial charge in [0.05, 0.1) is 5.69 Å². The fourth-order valence-electron chi connectivity index (χ4n) is 1.91. The number of para-hydroxylation sites is 1. The summed E-state index contributed by atoms with van der Waals surface area (Å²) in [6.07, 6.45) is -6.27. The largest absolute Gasteiger partial charge is 0.463 e. The maximum absolute atomic E-state index is 13.1. The van der Waals surface area contributed by atoms with Crippen LogP contribution in [0.3, 0.4) is 0 Å². The fraction of sp³-hybridized carbons (Fsp3) is 0.333. The van der Waals surface area contributed by atoms with Crippen LogP contribution in [0.1, 0.15) is 16.8 Å². The number of halogens is 5. The molecule has 0 fully saturated rings. The molecule has 0 spiro atoms. The number of amides is 1. The molecular formula is C12H8F5NO2. The van der Waals surface area contributed by atoms with Crippen molar-refractivity contribution in [3.8, 4) is 0 Å². The number of Topliss-reactive ketones (excluding diaryl/α,β-unsaturated/α-hetero) is 1. The van der Waals surface area contributed by atoms with Crippen molar-refractivity contribution in [2.75, 3.05) is 11.4 Å². The first-order valence-corrected chi connectivity index (χ1v) is 5.55. The van der Waals surface area contributed by atoms with E-state index in [0.29, 0.717) is 4.90 Å². The number of anilines is 1. The monoisotopic (exact) mass is 293 g/mol. The smallest absolute Gasteiger partial charge is 0.306 e. The second-order valence-electron chi connectivity index (χ2n) is 4.22. The highest BCUT2D eigenvalue weighted by molar-refractivity contribution is 6.10. The molecule has 8 heteroatoms. The van der Waals surface area contributed by atoms with Gasteiger partial charge in [0.2, 0.25) is 0 Å². The van der Waals surface area contributed by atoms with E-state index in [1.807, 2.05) is 0 Å². The minimum absolute atomic E-state index is 0.0370. The van der Waals surface area contributed by atoms with E-state index in [1.165, 1.54) is 18.2 Å². The van der Waals surface area contributed by atoms with E-state index in [9.17, 15) is 31.5 Å². The van der Waals surface area contributed by atoms with Crippen LogP contribution in [0.4, 0.5) is 27.6 Å². The van der Waals surface area contributed by atoms with Gasteiger partial charge in [-0.05, 0) is 12.1 Å². The third-order valence-electron chi connectivity index (χ3n) is 2.93. The van der Waals surface area contributed by atoms with Gasteiger partial charge in [-0.1, -0.05) is 12.1 Å². The highest BCUT2D eigenvalue weighted by atomic mass is 19.4. The molecule has 1 aliphatic rings. The van der Waals surface area contributed by atoms with E-state index >= 15 is 0 Å². The second kappa shape index (κ2) is 4.53. The highest BCUT2D eigenvalue weighted by Gasteiger charge is 2.65. The van der Waals surface area contributed by atoms with E-state index < -0.39 is 30.3 Å². The topological polar surface area (TPSA) is 37.4 Å². The SMILES string of the molecule is O=C1CCN(C(=O)C(F)(F)C(F)(F)F)c2ccccc21. The second-order valence-corrected chi connectivity index (χ2v) is 4.22. The van der Waals surface area contributed by atoms with Crippen LogP contribution >= 0.6 is 0 Å². The summed E-state index contributed by atoms with van der Waals surface area (Å²) in [5.41, 5.74) is -0.261. The number of nitrogens with zero attached hydrogens (tertiary/aromatic N) is 1. The first kappa shape index (κ1) is 14.4. The number of rotatable bonds is 1. The third-order valence-corrected chi connectivity index (χ3v) is 2.93. The van der Waals surface area contributed by atoms with Gasteiger partial charge in [0.1, 0.15) is 0 Å². The van der Waals surface area contributed by atoms with Gasteiger partial charge in [0, 0.05) is 18.5 Å². The lowest BCUT2D eigenvalue weighted by atomic mass is 10.00. The Morgan fingerprint density at radius 2 is 1.70 bits per heavy atom. The molecule has 1 aliphatic heterocycles. The zero-order valence-electron chi connectivity index (χ0n) is 9.88. The molecule has 0 aliphatic carbocycles. The molecule has 1 aromatic carbocycles. The van der Waals surface area contributed by atoms with Gasteiger partial charge in [-0.3, -0.25) is 9.59 Å². The molecule has 0 radical (unpaired) electrons. The maximum Gasteiger partial charge on any atom is 0.463 e. The van der Waals surface area contributed by atoms with E-state index in [-0.39, 0.29) is 17.7 Å². The summed E-state index contributed by atoms with van der Waals surface area (Å²) in [5, 5.41) is 0. The molecule has 0 N–H and O–H groups in total. The Balaban J connectivity index is 2.43. The molecule has 3 nitrogen and oxygen atoms in total. The molecule has 0 atom stereocenters. The van der Waals surface area contributed by atoms with E-state index in [1.54, 1.807) is 0 Å². The maximum atomic E-state index is 13.1. The molecule has 1 heterocycles. The number of hydrogen-bond donors (Lipinski definition) is 0. The zero-order chi connectivity index (χ0) is 15.1. The Hall–Kier alpha value is -1.99. The van der Waals surface area contributed by atoms with Crippen molar-refractivity contribution >= 4 is 17.4 Å². The average Bonchev–Trinajstić information content (AvgIpc) is 2.37. The molecular weight excluding hydrogens is 285 g/mol. The molecule has 1 amide bonds. The van der Waals surface area contributed by atoms with Crippen molar-refractivity contribution in [1.29, 1.82) is 0 Å². The van der Waals surface area contributed by atoms with Gasteiger partial charge in [-0.25, -0.2) is 0 Å². The number of fused-ring (bicyclic) bond motifs is 1. The van der Waals surface area contributed by atoms with Crippen LogP contribution in [-0.2, 0) is 4.79 Å². The fourth-order valence-corrected chi connectivity index (χ4v) is 1.91. The average molecular weight is 293 g/mol. The Bertz CT molecular complexity index is 567. The molecule has 0 aromatic heterocycles. The Kier molecular flexibility index (Phi) is 3.27. The summed E-state index contributed by atoms with van der Waals surface area (Å²) < 4.78 is 62.9. The number of carbonyl (C=O) groups is 2. The van der Waals surface area contributed by atoms with Crippen LogP contribution in [0.2, 0.25) is 0 Å². The minimum Gasteiger partial charge on any atom is -0.306 e. The number of carbonyl (C=O) groups excluding carboxylic acids is 2. The quantitative estimate of drug-likeness (QED) is 0.747. The summed E-state index contributed by atoms with van der Waals surface area (Å²) in [6, 6.07) is 5.23. The predicted molar refractivity (Wildman–Crippen MR) is 58.7 cm³/mol. The van der Waals surface area contributed by atoms with Gasteiger partial charge < -0.3 is 4.90 Å². The lowest BCUT2D eigenvalue weighted by Gasteiger charge is -2.31. The van der Waals surface area contributed by atoms with Crippen molar-refractivity contribution in [2.24, 2.45) is 0 Å². The van der Waals surface area contributed by atoms with Crippen LogP contribution in [0.15, 0.2) is 24.3 Å². The number of hydrogen-bond acceptors (Lipinski definition) is 2. The lowest BCUT2D eigenvalue weighted by molar-refractivity contribution is -0.268. The third kappa shape index (κ3) is 2.14. The summed E-state index contributed by atoms with van der Waals surface area (Å²) in [4.78, 5) is 23.3. The first-order valence-electron chi connectivity index (χ1n) is 5.55. The summed E-state index contributed by atoms with van der Waals surface area (Å²) >= 11 is 0.